The number of hydrogen-bond donors (Lipinski definition) is 7. The van der Waals surface area contributed by atoms with Crippen molar-refractivity contribution in [3.63, 3.8) is 0 Å². The summed E-state index contributed by atoms with van der Waals surface area (Å²) in [7, 11) is 0. The van der Waals surface area contributed by atoms with E-state index in [4.69, 9.17) is 22.3 Å². The Morgan fingerprint density at radius 1 is 0.917 bits per heavy atom. The molecule has 0 aromatic rings. The minimum atomic E-state index is -1.65. The number of nitrogens with two attached hydrogens (primary N) is 3. The second-order valence-electron chi connectivity index (χ2n) is 5.07. The van der Waals surface area contributed by atoms with E-state index in [1.165, 1.54) is 6.92 Å². The molecule has 0 rings (SSSR count). The van der Waals surface area contributed by atoms with Gasteiger partial charge in [-0.1, -0.05) is 0 Å². The van der Waals surface area contributed by atoms with Crippen LogP contribution < -0.4 is 27.8 Å². The first kappa shape index (κ1) is 21.3. The Bertz CT molecular complexity index is 522. The van der Waals surface area contributed by atoms with Gasteiger partial charge in [0.15, 0.2) is 0 Å². The number of primary amides is 2. The molecule has 0 heterocycles. The van der Waals surface area contributed by atoms with Gasteiger partial charge >= 0.3 is 5.97 Å². The second kappa shape index (κ2) is 9.42. The number of aliphatic carboxylic acids is 1. The van der Waals surface area contributed by atoms with Crippen LogP contribution in [0.4, 0.5) is 0 Å². The highest BCUT2D eigenvalue weighted by molar-refractivity contribution is 5.95. The Morgan fingerprint density at radius 3 is 1.71 bits per heavy atom. The summed E-state index contributed by atoms with van der Waals surface area (Å²) in [6.45, 7) is 1.24. The number of nitrogens with one attached hydrogen (secondary N) is 2. The van der Waals surface area contributed by atoms with Crippen LogP contribution in [0.15, 0.2) is 0 Å². The Morgan fingerprint density at radius 2 is 1.33 bits per heavy atom. The highest BCUT2D eigenvalue weighted by atomic mass is 16.4. The molecule has 0 spiro atoms. The van der Waals surface area contributed by atoms with E-state index in [2.05, 4.69) is 5.32 Å². The third-order valence-electron chi connectivity index (χ3n) is 2.88. The normalized spacial score (nSPS) is 15.5. The first-order valence-corrected chi connectivity index (χ1v) is 6.79. The molecule has 0 aromatic carbocycles. The van der Waals surface area contributed by atoms with Gasteiger partial charge in [-0.15, -0.1) is 0 Å². The number of carbonyl (C=O) groups is 5. The fraction of sp³-hybridized carbons (Fsp3) is 0.583. The number of carboxylic acids is 1. The quantitative estimate of drug-likeness (QED) is 0.203. The van der Waals surface area contributed by atoms with Crippen molar-refractivity contribution in [1.82, 2.24) is 10.6 Å². The van der Waals surface area contributed by atoms with Gasteiger partial charge in [0.1, 0.15) is 18.1 Å². The van der Waals surface area contributed by atoms with Crippen molar-refractivity contribution in [2.75, 3.05) is 0 Å². The zero-order valence-electron chi connectivity index (χ0n) is 12.9. The van der Waals surface area contributed by atoms with E-state index in [1.54, 1.807) is 0 Å². The fourth-order valence-electron chi connectivity index (χ4n) is 1.57. The summed E-state index contributed by atoms with van der Waals surface area (Å²) in [5.41, 5.74) is 15.2. The summed E-state index contributed by atoms with van der Waals surface area (Å²) >= 11 is 0. The highest BCUT2D eigenvalue weighted by Gasteiger charge is 2.30. The lowest BCUT2D eigenvalue weighted by Gasteiger charge is -2.22. The molecule has 136 valence electrons. The molecule has 12 nitrogen and oxygen atoms in total. The average Bonchev–Trinajstić information content (AvgIpc) is 2.43. The summed E-state index contributed by atoms with van der Waals surface area (Å²) in [5, 5.41) is 22.2. The van der Waals surface area contributed by atoms with Gasteiger partial charge in [-0.3, -0.25) is 19.2 Å². The smallest absolute Gasteiger partial charge is 0.326 e. The Kier molecular flexibility index (Phi) is 8.35. The van der Waals surface area contributed by atoms with Crippen LogP contribution in [-0.2, 0) is 24.0 Å². The SMILES string of the molecule is CC(O)C(N)C(=O)NC(CC(N)=O)C(=O)NC(CC(N)=O)C(=O)O. The van der Waals surface area contributed by atoms with Gasteiger partial charge in [-0.2, -0.15) is 0 Å². The van der Waals surface area contributed by atoms with Crippen LogP contribution in [0.5, 0.6) is 0 Å². The lowest BCUT2D eigenvalue weighted by Crippen LogP contribution is -2.57. The van der Waals surface area contributed by atoms with E-state index in [0.29, 0.717) is 0 Å². The van der Waals surface area contributed by atoms with Gasteiger partial charge < -0.3 is 38.0 Å². The maximum atomic E-state index is 12.1. The van der Waals surface area contributed by atoms with Crippen LogP contribution in [0.3, 0.4) is 0 Å². The molecule has 10 N–H and O–H groups in total. The summed E-state index contributed by atoms with van der Waals surface area (Å²) in [5.74, 6) is -5.49. The molecular weight excluding hydrogens is 326 g/mol. The van der Waals surface area contributed by atoms with Gasteiger partial charge in [0.2, 0.25) is 23.6 Å². The third kappa shape index (κ3) is 7.51. The molecule has 24 heavy (non-hydrogen) atoms. The molecule has 0 aromatic heterocycles. The van der Waals surface area contributed by atoms with Gasteiger partial charge in [0.25, 0.3) is 0 Å². The lowest BCUT2D eigenvalue weighted by atomic mass is 10.1. The van der Waals surface area contributed by atoms with Crippen LogP contribution >= 0.6 is 0 Å². The minimum Gasteiger partial charge on any atom is -0.480 e. The number of aliphatic hydroxyl groups is 1. The monoisotopic (exact) mass is 347 g/mol. The number of rotatable bonds is 10. The minimum absolute atomic E-state index is 0.646. The van der Waals surface area contributed by atoms with Crippen molar-refractivity contribution in [3.8, 4) is 0 Å². The van der Waals surface area contributed by atoms with Crippen LogP contribution in [0.25, 0.3) is 0 Å². The maximum absolute atomic E-state index is 12.1. The van der Waals surface area contributed by atoms with Crippen LogP contribution in [0, 0.1) is 0 Å². The third-order valence-corrected chi connectivity index (χ3v) is 2.88. The van der Waals surface area contributed by atoms with Crippen LogP contribution in [-0.4, -0.2) is 64.0 Å². The number of aliphatic hydroxyl groups excluding tert-OH is 1. The van der Waals surface area contributed by atoms with Gasteiger partial charge in [0.05, 0.1) is 18.9 Å². The van der Waals surface area contributed by atoms with E-state index < -0.39 is 66.7 Å². The molecule has 0 radical (unpaired) electrons. The number of hydrogen-bond acceptors (Lipinski definition) is 7. The molecule has 12 heteroatoms. The average molecular weight is 347 g/mol. The van der Waals surface area contributed by atoms with Crippen molar-refractivity contribution in [2.24, 2.45) is 17.2 Å². The molecule has 0 aliphatic heterocycles. The largest absolute Gasteiger partial charge is 0.480 e. The molecule has 4 amide bonds. The molecule has 0 fully saturated rings. The first-order valence-electron chi connectivity index (χ1n) is 6.79. The van der Waals surface area contributed by atoms with Crippen molar-refractivity contribution < 1.29 is 34.2 Å². The zero-order chi connectivity index (χ0) is 19.0. The van der Waals surface area contributed by atoms with E-state index >= 15 is 0 Å². The van der Waals surface area contributed by atoms with Crippen molar-refractivity contribution in [3.05, 3.63) is 0 Å². The number of carboxylic acid groups (broad SMARTS) is 1. The summed E-state index contributed by atoms with van der Waals surface area (Å²) in [6.07, 6.45) is -2.57. The fourth-order valence-corrected chi connectivity index (χ4v) is 1.57. The predicted octanol–water partition coefficient (Wildman–Crippen LogP) is -4.50. The van der Waals surface area contributed by atoms with Crippen molar-refractivity contribution in [1.29, 1.82) is 0 Å². The lowest BCUT2D eigenvalue weighted by molar-refractivity contribution is -0.144. The maximum Gasteiger partial charge on any atom is 0.326 e. The standard InChI is InChI=1S/C12H21N5O7/c1-4(18)9(15)11(22)16-5(2-7(13)19)10(21)17-6(12(23)24)3-8(14)20/h4-6,9,18H,2-3,15H2,1H3,(H2,13,19)(H2,14,20)(H,16,22)(H,17,21)(H,23,24). The van der Waals surface area contributed by atoms with E-state index in [0.717, 1.165) is 0 Å². The Labute approximate surface area is 136 Å². The number of amides is 4. The van der Waals surface area contributed by atoms with Crippen LogP contribution in [0.1, 0.15) is 19.8 Å². The van der Waals surface area contributed by atoms with Gasteiger partial charge in [0, 0.05) is 0 Å². The second-order valence-corrected chi connectivity index (χ2v) is 5.07. The molecule has 0 saturated carbocycles. The Balaban J connectivity index is 5.11. The summed E-state index contributed by atoms with van der Waals surface area (Å²) < 4.78 is 0. The van der Waals surface area contributed by atoms with Gasteiger partial charge in [-0.25, -0.2) is 4.79 Å². The molecule has 0 aliphatic carbocycles. The molecule has 0 aliphatic rings. The molecule has 4 unspecified atom stereocenters. The summed E-state index contributed by atoms with van der Waals surface area (Å²) in [6, 6.07) is -4.56. The van der Waals surface area contributed by atoms with E-state index in [-0.39, 0.29) is 0 Å². The molecule has 0 bridgehead atoms. The Hall–Kier alpha value is -2.73. The van der Waals surface area contributed by atoms with Crippen molar-refractivity contribution in [2.45, 2.75) is 44.0 Å². The first-order chi connectivity index (χ1) is 11.0. The molecule has 4 atom stereocenters. The van der Waals surface area contributed by atoms with Gasteiger partial charge in [-0.05, 0) is 6.92 Å². The zero-order valence-corrected chi connectivity index (χ0v) is 12.9. The van der Waals surface area contributed by atoms with E-state index in [1.807, 2.05) is 5.32 Å². The highest BCUT2D eigenvalue weighted by Crippen LogP contribution is 1.99. The van der Waals surface area contributed by atoms with Crippen LogP contribution in [0.2, 0.25) is 0 Å². The number of carbonyl (C=O) groups excluding carboxylic acids is 4. The molecule has 0 saturated heterocycles. The van der Waals surface area contributed by atoms with Crippen molar-refractivity contribution >= 4 is 29.6 Å². The van der Waals surface area contributed by atoms with E-state index in [9.17, 15) is 29.1 Å². The molecular formula is C12H21N5O7. The topological polar surface area (TPSA) is 228 Å². The predicted molar refractivity (Wildman–Crippen MR) is 78.8 cm³/mol. The summed E-state index contributed by atoms with van der Waals surface area (Å²) in [4.78, 5) is 56.6.